The summed E-state index contributed by atoms with van der Waals surface area (Å²) >= 11 is 17.8. The number of hydrogen-bond acceptors (Lipinski definition) is 3. The molecule has 4 nitrogen and oxygen atoms in total. The van der Waals surface area contributed by atoms with E-state index in [4.69, 9.17) is 39.5 Å². The van der Waals surface area contributed by atoms with Crippen LogP contribution in [-0.4, -0.2) is 19.6 Å². The van der Waals surface area contributed by atoms with Gasteiger partial charge in [0.25, 0.3) is 0 Å². The molecule has 0 radical (unpaired) electrons. The number of benzene rings is 2. The first-order chi connectivity index (χ1) is 11.0. The predicted molar refractivity (Wildman–Crippen MR) is 94.8 cm³/mol. The Morgan fingerprint density at radius 1 is 1.04 bits per heavy atom. The number of anilines is 1. The number of carbonyl (C=O) groups is 1. The highest BCUT2D eigenvalue weighted by atomic mass is 35.5. The SMILES string of the molecule is COc1ccc(CNC(=O)CNc2cc(Cl)c(Cl)cc2Cl)cc1. The molecule has 122 valence electrons. The summed E-state index contributed by atoms with van der Waals surface area (Å²) in [5.74, 6) is 0.610. The Bertz CT molecular complexity index is 690. The summed E-state index contributed by atoms with van der Waals surface area (Å²) in [4.78, 5) is 11.9. The average Bonchev–Trinajstić information content (AvgIpc) is 2.55. The Morgan fingerprint density at radius 2 is 1.70 bits per heavy atom. The summed E-state index contributed by atoms with van der Waals surface area (Å²) in [7, 11) is 1.61. The molecule has 0 aromatic heterocycles. The van der Waals surface area contributed by atoms with Crippen molar-refractivity contribution < 1.29 is 9.53 Å². The van der Waals surface area contributed by atoms with Gasteiger partial charge in [0.1, 0.15) is 5.75 Å². The fourth-order valence-corrected chi connectivity index (χ4v) is 2.45. The van der Waals surface area contributed by atoms with E-state index in [9.17, 15) is 4.79 Å². The zero-order chi connectivity index (χ0) is 16.8. The van der Waals surface area contributed by atoms with Gasteiger partial charge in [-0.3, -0.25) is 4.79 Å². The summed E-state index contributed by atoms with van der Waals surface area (Å²) in [6, 6.07) is 10.6. The molecule has 0 aliphatic heterocycles. The van der Waals surface area contributed by atoms with Crippen molar-refractivity contribution >= 4 is 46.4 Å². The summed E-state index contributed by atoms with van der Waals surface area (Å²) in [5, 5.41) is 6.88. The second-order valence-electron chi connectivity index (χ2n) is 4.72. The number of halogens is 3. The van der Waals surface area contributed by atoms with Crippen molar-refractivity contribution in [3.63, 3.8) is 0 Å². The first-order valence-electron chi connectivity index (χ1n) is 6.77. The van der Waals surface area contributed by atoms with Crippen molar-refractivity contribution in [3.8, 4) is 5.75 Å². The van der Waals surface area contributed by atoms with E-state index in [2.05, 4.69) is 10.6 Å². The molecule has 23 heavy (non-hydrogen) atoms. The molecule has 0 aliphatic rings. The van der Waals surface area contributed by atoms with Crippen LogP contribution in [-0.2, 0) is 11.3 Å². The fourth-order valence-electron chi connectivity index (χ4n) is 1.84. The number of carbonyl (C=O) groups excluding carboxylic acids is 1. The molecule has 0 saturated heterocycles. The topological polar surface area (TPSA) is 50.4 Å². The van der Waals surface area contributed by atoms with Crippen molar-refractivity contribution in [2.45, 2.75) is 6.54 Å². The smallest absolute Gasteiger partial charge is 0.239 e. The van der Waals surface area contributed by atoms with Gasteiger partial charge < -0.3 is 15.4 Å². The van der Waals surface area contributed by atoms with E-state index < -0.39 is 0 Å². The Balaban J connectivity index is 1.84. The largest absolute Gasteiger partial charge is 0.497 e. The molecule has 2 N–H and O–H groups in total. The van der Waals surface area contributed by atoms with Crippen LogP contribution in [0.25, 0.3) is 0 Å². The van der Waals surface area contributed by atoms with Gasteiger partial charge in [0, 0.05) is 6.54 Å². The third kappa shape index (κ3) is 5.20. The highest BCUT2D eigenvalue weighted by Crippen LogP contribution is 2.32. The number of nitrogens with one attached hydrogen (secondary N) is 2. The van der Waals surface area contributed by atoms with E-state index in [1.54, 1.807) is 13.2 Å². The molecule has 0 atom stereocenters. The molecular weight excluding hydrogens is 359 g/mol. The number of rotatable bonds is 6. The van der Waals surface area contributed by atoms with Crippen molar-refractivity contribution in [2.75, 3.05) is 19.0 Å². The minimum atomic E-state index is -0.164. The van der Waals surface area contributed by atoms with E-state index in [1.807, 2.05) is 24.3 Å². The van der Waals surface area contributed by atoms with E-state index in [-0.39, 0.29) is 12.5 Å². The maximum Gasteiger partial charge on any atom is 0.239 e. The highest BCUT2D eigenvalue weighted by molar-refractivity contribution is 6.44. The standard InChI is InChI=1S/C16H15Cl3N2O2/c1-23-11-4-2-10(3-5-11)8-21-16(22)9-20-15-7-13(18)12(17)6-14(15)19/h2-7,20H,8-9H2,1H3,(H,21,22). The van der Waals surface area contributed by atoms with Crippen molar-refractivity contribution in [2.24, 2.45) is 0 Å². The van der Waals surface area contributed by atoms with Crippen LogP contribution in [0.2, 0.25) is 15.1 Å². The third-order valence-electron chi connectivity index (χ3n) is 3.10. The lowest BCUT2D eigenvalue weighted by atomic mass is 10.2. The van der Waals surface area contributed by atoms with Crippen molar-refractivity contribution in [3.05, 3.63) is 57.0 Å². The monoisotopic (exact) mass is 372 g/mol. The molecule has 2 rings (SSSR count). The zero-order valence-electron chi connectivity index (χ0n) is 12.3. The second-order valence-corrected chi connectivity index (χ2v) is 5.95. The van der Waals surface area contributed by atoms with Crippen LogP contribution in [0, 0.1) is 0 Å². The molecule has 0 bridgehead atoms. The van der Waals surface area contributed by atoms with Crippen molar-refractivity contribution in [1.82, 2.24) is 5.32 Å². The Kier molecular flexibility index (Phi) is 6.39. The van der Waals surface area contributed by atoms with E-state index in [0.29, 0.717) is 27.3 Å². The molecule has 2 aromatic carbocycles. The van der Waals surface area contributed by atoms with Gasteiger partial charge in [-0.2, -0.15) is 0 Å². The Hall–Kier alpha value is -1.62. The van der Waals surface area contributed by atoms with Gasteiger partial charge in [-0.05, 0) is 29.8 Å². The quantitative estimate of drug-likeness (QED) is 0.739. The lowest BCUT2D eigenvalue weighted by Gasteiger charge is -2.10. The first kappa shape index (κ1) is 17.7. The van der Waals surface area contributed by atoms with Crippen LogP contribution >= 0.6 is 34.8 Å². The molecule has 0 unspecified atom stereocenters. The molecule has 0 aliphatic carbocycles. The van der Waals surface area contributed by atoms with Crippen LogP contribution < -0.4 is 15.4 Å². The average molecular weight is 374 g/mol. The summed E-state index contributed by atoms with van der Waals surface area (Å²) in [5.41, 5.74) is 1.53. The minimum absolute atomic E-state index is 0.0772. The van der Waals surface area contributed by atoms with Crippen LogP contribution in [0.5, 0.6) is 5.75 Å². The molecular formula is C16H15Cl3N2O2. The Morgan fingerprint density at radius 3 is 2.35 bits per heavy atom. The maximum atomic E-state index is 11.9. The number of methoxy groups -OCH3 is 1. The van der Waals surface area contributed by atoms with Crippen molar-refractivity contribution in [1.29, 1.82) is 0 Å². The lowest BCUT2D eigenvalue weighted by Crippen LogP contribution is -2.29. The van der Waals surface area contributed by atoms with E-state index in [1.165, 1.54) is 6.07 Å². The number of amides is 1. The predicted octanol–water partition coefficient (Wildman–Crippen LogP) is 4.38. The minimum Gasteiger partial charge on any atom is -0.497 e. The van der Waals surface area contributed by atoms with Gasteiger partial charge in [0.2, 0.25) is 5.91 Å². The van der Waals surface area contributed by atoms with Gasteiger partial charge in [-0.15, -0.1) is 0 Å². The molecule has 0 saturated carbocycles. The molecule has 0 spiro atoms. The third-order valence-corrected chi connectivity index (χ3v) is 4.13. The highest BCUT2D eigenvalue weighted by Gasteiger charge is 2.07. The lowest BCUT2D eigenvalue weighted by molar-refractivity contribution is -0.119. The number of hydrogen-bond donors (Lipinski definition) is 2. The van der Waals surface area contributed by atoms with Gasteiger partial charge >= 0.3 is 0 Å². The molecule has 0 fully saturated rings. The van der Waals surface area contributed by atoms with Gasteiger partial charge in [-0.25, -0.2) is 0 Å². The first-order valence-corrected chi connectivity index (χ1v) is 7.91. The van der Waals surface area contributed by atoms with E-state index >= 15 is 0 Å². The molecule has 7 heteroatoms. The van der Waals surface area contributed by atoms with Crippen LogP contribution in [0.1, 0.15) is 5.56 Å². The molecule has 2 aromatic rings. The van der Waals surface area contributed by atoms with Crippen LogP contribution in [0.4, 0.5) is 5.69 Å². The maximum absolute atomic E-state index is 11.9. The van der Waals surface area contributed by atoms with Gasteiger partial charge in [-0.1, -0.05) is 46.9 Å². The van der Waals surface area contributed by atoms with Gasteiger partial charge in [0.15, 0.2) is 0 Å². The number of ether oxygens (including phenoxy) is 1. The zero-order valence-corrected chi connectivity index (χ0v) is 14.6. The second kappa shape index (κ2) is 8.29. The molecule has 0 heterocycles. The van der Waals surface area contributed by atoms with Crippen LogP contribution in [0.15, 0.2) is 36.4 Å². The normalized spacial score (nSPS) is 10.3. The summed E-state index contributed by atoms with van der Waals surface area (Å²) in [6.07, 6.45) is 0. The fraction of sp³-hybridized carbons (Fsp3) is 0.188. The Labute approximate surface area is 149 Å². The van der Waals surface area contributed by atoms with E-state index in [0.717, 1.165) is 11.3 Å². The summed E-state index contributed by atoms with van der Waals surface area (Å²) in [6.45, 7) is 0.507. The van der Waals surface area contributed by atoms with Crippen LogP contribution in [0.3, 0.4) is 0 Å². The summed E-state index contributed by atoms with van der Waals surface area (Å²) < 4.78 is 5.08. The van der Waals surface area contributed by atoms with Gasteiger partial charge in [0.05, 0.1) is 34.4 Å². The molecule has 1 amide bonds.